The van der Waals surface area contributed by atoms with Gasteiger partial charge in [0, 0.05) is 31.2 Å². The van der Waals surface area contributed by atoms with Gasteiger partial charge in [0.25, 0.3) is 0 Å². The number of aromatic nitrogens is 1. The first kappa shape index (κ1) is 12.7. The van der Waals surface area contributed by atoms with Crippen molar-refractivity contribution < 1.29 is 0 Å². The minimum Gasteiger partial charge on any atom is -0.347 e. The van der Waals surface area contributed by atoms with Crippen LogP contribution < -0.4 is 5.32 Å². The van der Waals surface area contributed by atoms with Gasteiger partial charge in [0.05, 0.1) is 0 Å². The molecule has 0 saturated heterocycles. The number of nitrogens with one attached hydrogen (secondary N) is 1. The van der Waals surface area contributed by atoms with Crippen molar-refractivity contribution in [3.8, 4) is 11.8 Å². The zero-order valence-corrected chi connectivity index (χ0v) is 11.2. The summed E-state index contributed by atoms with van der Waals surface area (Å²) in [6, 6.07) is 8.86. The standard InChI is InChI=1S/C16H20N2/c1-3-5-6-10-18-11-9-15-12-14(13-17-4-2)7-8-16(15)18/h7-9,11-12,17H,4,6,10,13H2,1-2H3. The van der Waals surface area contributed by atoms with Crippen LogP contribution in [0.25, 0.3) is 10.9 Å². The summed E-state index contributed by atoms with van der Waals surface area (Å²) in [7, 11) is 0. The maximum atomic E-state index is 3.35. The molecule has 0 bridgehead atoms. The van der Waals surface area contributed by atoms with Gasteiger partial charge in [-0.15, -0.1) is 11.8 Å². The van der Waals surface area contributed by atoms with Crippen LogP contribution in [0.3, 0.4) is 0 Å². The van der Waals surface area contributed by atoms with Crippen LogP contribution in [-0.2, 0) is 13.1 Å². The number of rotatable bonds is 5. The van der Waals surface area contributed by atoms with Gasteiger partial charge >= 0.3 is 0 Å². The van der Waals surface area contributed by atoms with Gasteiger partial charge in [-0.25, -0.2) is 0 Å². The highest BCUT2D eigenvalue weighted by Crippen LogP contribution is 2.18. The number of benzene rings is 1. The zero-order chi connectivity index (χ0) is 12.8. The van der Waals surface area contributed by atoms with E-state index in [-0.39, 0.29) is 0 Å². The first-order valence-electron chi connectivity index (χ1n) is 6.53. The van der Waals surface area contributed by atoms with Crippen LogP contribution in [0.15, 0.2) is 30.5 Å². The molecule has 0 aliphatic carbocycles. The van der Waals surface area contributed by atoms with E-state index in [1.165, 1.54) is 16.5 Å². The van der Waals surface area contributed by atoms with Crippen molar-refractivity contribution in [2.45, 2.75) is 33.4 Å². The fourth-order valence-electron chi connectivity index (χ4n) is 2.13. The molecule has 2 aromatic rings. The molecule has 0 spiro atoms. The summed E-state index contributed by atoms with van der Waals surface area (Å²) in [4.78, 5) is 0. The third kappa shape index (κ3) is 2.94. The Kier molecular flexibility index (Phi) is 4.44. The SMILES string of the molecule is CC#CCCn1ccc2cc(CNCC)ccc21. The van der Waals surface area contributed by atoms with Gasteiger partial charge in [-0.05, 0) is 42.6 Å². The van der Waals surface area contributed by atoms with Crippen molar-refractivity contribution in [2.24, 2.45) is 0 Å². The molecule has 0 radical (unpaired) electrons. The van der Waals surface area contributed by atoms with Crippen molar-refractivity contribution in [3.63, 3.8) is 0 Å². The van der Waals surface area contributed by atoms with E-state index in [2.05, 4.69) is 59.1 Å². The molecule has 1 heterocycles. The summed E-state index contributed by atoms with van der Waals surface area (Å²) in [5, 5.41) is 4.67. The second-order valence-electron chi connectivity index (χ2n) is 4.36. The quantitative estimate of drug-likeness (QED) is 0.794. The zero-order valence-electron chi connectivity index (χ0n) is 11.2. The summed E-state index contributed by atoms with van der Waals surface area (Å²) < 4.78 is 2.27. The van der Waals surface area contributed by atoms with E-state index in [1.807, 2.05) is 6.92 Å². The third-order valence-corrected chi connectivity index (χ3v) is 3.07. The van der Waals surface area contributed by atoms with E-state index >= 15 is 0 Å². The van der Waals surface area contributed by atoms with E-state index in [4.69, 9.17) is 0 Å². The number of nitrogens with zero attached hydrogens (tertiary/aromatic N) is 1. The highest BCUT2D eigenvalue weighted by atomic mass is 14.9. The summed E-state index contributed by atoms with van der Waals surface area (Å²) in [6.45, 7) is 6.94. The van der Waals surface area contributed by atoms with Crippen molar-refractivity contribution in [2.75, 3.05) is 6.54 Å². The predicted octanol–water partition coefficient (Wildman–Crippen LogP) is 3.16. The molecule has 0 aliphatic heterocycles. The van der Waals surface area contributed by atoms with Gasteiger partial charge in [0.1, 0.15) is 0 Å². The molecule has 0 aliphatic rings. The summed E-state index contributed by atoms with van der Waals surface area (Å²) in [5.74, 6) is 6.05. The Morgan fingerprint density at radius 3 is 2.94 bits per heavy atom. The van der Waals surface area contributed by atoms with Gasteiger partial charge in [-0.1, -0.05) is 13.0 Å². The minimum atomic E-state index is 0.916. The van der Waals surface area contributed by atoms with Crippen LogP contribution in [0, 0.1) is 11.8 Å². The molecule has 94 valence electrons. The molecule has 0 fully saturated rings. The van der Waals surface area contributed by atoms with E-state index in [9.17, 15) is 0 Å². The summed E-state index contributed by atoms with van der Waals surface area (Å²) in [5.41, 5.74) is 2.64. The normalized spacial score (nSPS) is 10.3. The number of hydrogen-bond donors (Lipinski definition) is 1. The minimum absolute atomic E-state index is 0.916. The third-order valence-electron chi connectivity index (χ3n) is 3.07. The second kappa shape index (κ2) is 6.28. The van der Waals surface area contributed by atoms with Crippen LogP contribution in [0.2, 0.25) is 0 Å². The van der Waals surface area contributed by atoms with Crippen molar-refractivity contribution in [3.05, 3.63) is 36.0 Å². The Bertz CT molecular complexity index is 570. The van der Waals surface area contributed by atoms with Crippen molar-refractivity contribution in [1.82, 2.24) is 9.88 Å². The smallest absolute Gasteiger partial charge is 0.0480 e. The molecule has 0 atom stereocenters. The molecule has 1 aromatic heterocycles. The lowest BCUT2D eigenvalue weighted by molar-refractivity contribution is 0.727. The highest BCUT2D eigenvalue weighted by molar-refractivity contribution is 5.80. The fraction of sp³-hybridized carbons (Fsp3) is 0.375. The van der Waals surface area contributed by atoms with Crippen LogP contribution in [-0.4, -0.2) is 11.1 Å². The molecule has 1 N–H and O–H groups in total. The van der Waals surface area contributed by atoms with Crippen molar-refractivity contribution in [1.29, 1.82) is 0 Å². The number of hydrogen-bond acceptors (Lipinski definition) is 1. The maximum absolute atomic E-state index is 3.35. The molecule has 2 rings (SSSR count). The monoisotopic (exact) mass is 240 g/mol. The molecule has 18 heavy (non-hydrogen) atoms. The number of fused-ring (bicyclic) bond motifs is 1. The van der Waals surface area contributed by atoms with Gasteiger partial charge in [-0.2, -0.15) is 0 Å². The maximum Gasteiger partial charge on any atom is 0.0480 e. The Morgan fingerprint density at radius 1 is 1.28 bits per heavy atom. The van der Waals surface area contributed by atoms with Crippen LogP contribution in [0.1, 0.15) is 25.8 Å². The number of aryl methyl sites for hydroxylation is 1. The molecular formula is C16H20N2. The summed E-state index contributed by atoms with van der Waals surface area (Å²) in [6.07, 6.45) is 3.07. The van der Waals surface area contributed by atoms with Crippen molar-refractivity contribution >= 4 is 10.9 Å². The molecule has 2 nitrogen and oxygen atoms in total. The second-order valence-corrected chi connectivity index (χ2v) is 4.36. The van der Waals surface area contributed by atoms with Crippen LogP contribution in [0.4, 0.5) is 0 Å². The van der Waals surface area contributed by atoms with Gasteiger partial charge < -0.3 is 9.88 Å². The average Bonchev–Trinajstić information content (AvgIpc) is 2.79. The lowest BCUT2D eigenvalue weighted by Crippen LogP contribution is -2.11. The van der Waals surface area contributed by atoms with Gasteiger partial charge in [-0.3, -0.25) is 0 Å². The molecule has 1 aromatic carbocycles. The Balaban J connectivity index is 2.17. The molecule has 0 saturated carbocycles. The lowest BCUT2D eigenvalue weighted by Gasteiger charge is -2.05. The molecular weight excluding hydrogens is 220 g/mol. The average molecular weight is 240 g/mol. The molecule has 0 amide bonds. The highest BCUT2D eigenvalue weighted by Gasteiger charge is 2.01. The van der Waals surface area contributed by atoms with E-state index in [0.29, 0.717) is 0 Å². The molecule has 0 unspecified atom stereocenters. The summed E-state index contributed by atoms with van der Waals surface area (Å²) >= 11 is 0. The lowest BCUT2D eigenvalue weighted by atomic mass is 10.1. The Morgan fingerprint density at radius 2 is 2.17 bits per heavy atom. The van der Waals surface area contributed by atoms with Gasteiger partial charge in [0.2, 0.25) is 0 Å². The first-order chi connectivity index (χ1) is 8.85. The van der Waals surface area contributed by atoms with E-state index in [0.717, 1.165) is 26.1 Å². The Labute approximate surface area is 109 Å². The van der Waals surface area contributed by atoms with Gasteiger partial charge in [0.15, 0.2) is 0 Å². The molecule has 2 heteroatoms. The topological polar surface area (TPSA) is 17.0 Å². The van der Waals surface area contributed by atoms with E-state index < -0.39 is 0 Å². The first-order valence-corrected chi connectivity index (χ1v) is 6.53. The largest absolute Gasteiger partial charge is 0.347 e. The fourth-order valence-corrected chi connectivity index (χ4v) is 2.13. The Hall–Kier alpha value is -1.72. The van der Waals surface area contributed by atoms with E-state index in [1.54, 1.807) is 0 Å². The van der Waals surface area contributed by atoms with Crippen LogP contribution in [0.5, 0.6) is 0 Å². The predicted molar refractivity (Wildman–Crippen MR) is 77.4 cm³/mol. The van der Waals surface area contributed by atoms with Crippen LogP contribution >= 0.6 is 0 Å².